The van der Waals surface area contributed by atoms with Gasteiger partial charge >= 0.3 is 11.7 Å². The second-order valence-electron chi connectivity index (χ2n) is 11.9. The molecule has 0 unspecified atom stereocenters. The number of benzene rings is 1. The molecule has 1 aromatic carbocycles. The van der Waals surface area contributed by atoms with Crippen molar-refractivity contribution in [3.05, 3.63) is 52.6 Å². The molecule has 0 spiro atoms. The molecule has 2 fully saturated rings. The predicted octanol–water partition coefficient (Wildman–Crippen LogP) is 0.0274. The third-order valence-corrected chi connectivity index (χ3v) is 7.28. The van der Waals surface area contributed by atoms with Crippen molar-refractivity contribution in [3.8, 4) is 5.69 Å². The van der Waals surface area contributed by atoms with Crippen molar-refractivity contribution >= 4 is 23.7 Å². The molecule has 3 heterocycles. The number of nitrogens with one attached hydrogen (secondary N) is 1. The molecule has 1 aromatic heterocycles. The topological polar surface area (TPSA) is 163 Å². The van der Waals surface area contributed by atoms with Crippen LogP contribution in [0.5, 0.6) is 0 Å². The van der Waals surface area contributed by atoms with Gasteiger partial charge in [0.15, 0.2) is 0 Å². The lowest BCUT2D eigenvalue weighted by molar-refractivity contribution is -0.138. The van der Waals surface area contributed by atoms with Gasteiger partial charge in [-0.05, 0) is 51.5 Å². The molecule has 5 N–H and O–H groups in total. The molecule has 0 radical (unpaired) electrons. The Morgan fingerprint density at radius 2 is 1.27 bits per heavy atom. The van der Waals surface area contributed by atoms with E-state index in [1.165, 1.54) is 4.57 Å². The number of urea groups is 1. The van der Waals surface area contributed by atoms with E-state index < -0.39 is 16.8 Å². The predicted molar refractivity (Wildman–Crippen MR) is 155 cm³/mol. The minimum absolute atomic E-state index is 0.0332. The summed E-state index contributed by atoms with van der Waals surface area (Å²) in [5.74, 6) is -0.0294. The average molecular weight is 568 g/mol. The Morgan fingerprint density at radius 1 is 0.780 bits per heavy atom. The maximum absolute atomic E-state index is 12.7. The maximum Gasteiger partial charge on any atom is 0.354 e. The molecule has 13 nitrogen and oxygen atoms in total. The summed E-state index contributed by atoms with van der Waals surface area (Å²) in [4.78, 5) is 61.6. The van der Waals surface area contributed by atoms with E-state index in [4.69, 9.17) is 11.5 Å². The highest BCUT2D eigenvalue weighted by Crippen LogP contribution is 2.15. The van der Waals surface area contributed by atoms with Crippen LogP contribution in [-0.4, -0.2) is 110 Å². The quantitative estimate of drug-likeness (QED) is 0.440. The molecule has 0 bridgehead atoms. The zero-order chi connectivity index (χ0) is 29.9. The minimum Gasteiger partial charge on any atom is -0.339 e. The van der Waals surface area contributed by atoms with E-state index in [2.05, 4.69) is 15.2 Å². The number of hydrogen-bond donors (Lipinski definition) is 3. The molecule has 0 atom stereocenters. The van der Waals surface area contributed by atoms with E-state index in [0.717, 1.165) is 25.2 Å². The van der Waals surface area contributed by atoms with Crippen LogP contribution in [0.1, 0.15) is 33.3 Å². The van der Waals surface area contributed by atoms with E-state index in [1.807, 2.05) is 29.2 Å². The molecule has 2 aliphatic rings. The van der Waals surface area contributed by atoms with Gasteiger partial charge in [-0.15, -0.1) is 0 Å². The summed E-state index contributed by atoms with van der Waals surface area (Å²) in [6.45, 7) is 11.8. The van der Waals surface area contributed by atoms with Gasteiger partial charge in [0.05, 0.1) is 16.8 Å². The van der Waals surface area contributed by atoms with E-state index in [1.54, 1.807) is 49.8 Å². The van der Waals surface area contributed by atoms with Crippen molar-refractivity contribution in [2.75, 3.05) is 57.7 Å². The van der Waals surface area contributed by atoms with Gasteiger partial charge in [-0.25, -0.2) is 9.59 Å². The lowest BCUT2D eigenvalue weighted by Gasteiger charge is -2.37. The maximum atomic E-state index is 12.7. The van der Waals surface area contributed by atoms with Crippen molar-refractivity contribution in [1.82, 2.24) is 29.2 Å². The Labute approximate surface area is 240 Å². The van der Waals surface area contributed by atoms with E-state index >= 15 is 0 Å². The summed E-state index contributed by atoms with van der Waals surface area (Å²) >= 11 is 0. The molecule has 13 heteroatoms. The number of nitrogens with two attached hydrogens (primary N) is 2. The number of carbonyl (C=O) groups is 3. The molecule has 4 amide bonds. The van der Waals surface area contributed by atoms with Gasteiger partial charge in [-0.2, -0.15) is 4.98 Å². The fourth-order valence-electron chi connectivity index (χ4n) is 4.91. The first-order valence-electron chi connectivity index (χ1n) is 13.9. The fourth-order valence-corrected chi connectivity index (χ4v) is 4.91. The second-order valence-corrected chi connectivity index (χ2v) is 11.9. The summed E-state index contributed by atoms with van der Waals surface area (Å²) in [6.07, 6.45) is 1.58. The minimum atomic E-state index is -0.959. The molecule has 0 aliphatic carbocycles. The van der Waals surface area contributed by atoms with Gasteiger partial charge in [0.25, 0.3) is 0 Å². The molecule has 2 aromatic rings. The van der Waals surface area contributed by atoms with Gasteiger partial charge < -0.3 is 26.2 Å². The number of amides is 4. The first-order valence-corrected chi connectivity index (χ1v) is 13.9. The Hall–Kier alpha value is -3.81. The number of rotatable bonds is 6. The Balaban J connectivity index is 1.29. The summed E-state index contributed by atoms with van der Waals surface area (Å²) in [7, 11) is 0. The van der Waals surface area contributed by atoms with Gasteiger partial charge in [0.2, 0.25) is 11.8 Å². The van der Waals surface area contributed by atoms with Crippen LogP contribution in [0, 0.1) is 0 Å². The lowest BCUT2D eigenvalue weighted by Crippen LogP contribution is -2.58. The number of aromatic nitrogens is 2. The van der Waals surface area contributed by atoms with Crippen LogP contribution >= 0.6 is 0 Å². The molecule has 4 rings (SSSR count). The van der Waals surface area contributed by atoms with E-state index in [9.17, 15) is 19.2 Å². The largest absolute Gasteiger partial charge is 0.354 e. The third kappa shape index (κ3) is 7.48. The van der Waals surface area contributed by atoms with Crippen molar-refractivity contribution in [2.45, 2.75) is 45.3 Å². The van der Waals surface area contributed by atoms with Crippen LogP contribution in [-0.2, 0) is 16.1 Å². The summed E-state index contributed by atoms with van der Waals surface area (Å²) in [6, 6.07) is 8.85. The zero-order valence-electron chi connectivity index (χ0n) is 24.3. The molecule has 222 valence electrons. The van der Waals surface area contributed by atoms with Crippen molar-refractivity contribution < 1.29 is 14.4 Å². The van der Waals surface area contributed by atoms with E-state index in [0.29, 0.717) is 45.0 Å². The standard InChI is InChI=1S/C28H41N9O4/c1-27(2,29)23(38)34-13-11-33(12-14-34)19-20-5-7-21(8-6-20)37-10-9-22(32-26(37)41)31-25(40)36-17-15-35(16-18-36)24(39)28(3,4)30/h5-10H,11-19,29-30H2,1-4H3,(H,31,32,40,41). The van der Waals surface area contributed by atoms with Crippen molar-refractivity contribution in [1.29, 1.82) is 0 Å². The normalized spacial score (nSPS) is 17.0. The Kier molecular flexibility index (Phi) is 8.80. The zero-order valence-corrected chi connectivity index (χ0v) is 24.3. The fraction of sp³-hybridized carbons (Fsp3) is 0.536. The third-order valence-electron chi connectivity index (χ3n) is 7.28. The van der Waals surface area contributed by atoms with Crippen LogP contribution in [0.25, 0.3) is 5.69 Å². The summed E-state index contributed by atoms with van der Waals surface area (Å²) < 4.78 is 1.41. The first kappa shape index (κ1) is 30.2. The van der Waals surface area contributed by atoms with Gasteiger partial charge in [-0.1, -0.05) is 12.1 Å². The van der Waals surface area contributed by atoms with Gasteiger partial charge in [0.1, 0.15) is 5.82 Å². The number of piperazine rings is 2. The van der Waals surface area contributed by atoms with Crippen LogP contribution in [0.3, 0.4) is 0 Å². The summed E-state index contributed by atoms with van der Waals surface area (Å²) in [5, 5.41) is 2.68. The van der Waals surface area contributed by atoms with Crippen molar-refractivity contribution in [3.63, 3.8) is 0 Å². The number of nitrogens with zero attached hydrogens (tertiary/aromatic N) is 6. The highest BCUT2D eigenvalue weighted by atomic mass is 16.2. The monoisotopic (exact) mass is 567 g/mol. The highest BCUT2D eigenvalue weighted by Gasteiger charge is 2.32. The first-order chi connectivity index (χ1) is 19.2. The van der Waals surface area contributed by atoms with Gasteiger partial charge in [-0.3, -0.25) is 24.4 Å². The molecule has 0 saturated carbocycles. The molecular weight excluding hydrogens is 526 g/mol. The van der Waals surface area contributed by atoms with Crippen LogP contribution in [0.15, 0.2) is 41.3 Å². The van der Waals surface area contributed by atoms with Crippen LogP contribution in [0.4, 0.5) is 10.6 Å². The number of anilines is 1. The molecular formula is C28H41N9O4. The smallest absolute Gasteiger partial charge is 0.339 e. The number of carbonyl (C=O) groups excluding carboxylic acids is 3. The van der Waals surface area contributed by atoms with E-state index in [-0.39, 0.29) is 23.7 Å². The number of hydrogen-bond acceptors (Lipinski definition) is 8. The average Bonchev–Trinajstić information content (AvgIpc) is 2.92. The molecule has 2 saturated heterocycles. The Morgan fingerprint density at radius 3 is 1.76 bits per heavy atom. The van der Waals surface area contributed by atoms with Crippen LogP contribution in [0.2, 0.25) is 0 Å². The Bertz CT molecular complexity index is 1310. The SMILES string of the molecule is CC(C)(N)C(=O)N1CCN(Cc2ccc(-n3ccc(NC(=O)N4CCN(C(=O)C(C)(C)N)CC4)nc3=O)cc2)CC1. The lowest BCUT2D eigenvalue weighted by atomic mass is 10.0. The molecule has 41 heavy (non-hydrogen) atoms. The highest BCUT2D eigenvalue weighted by molar-refractivity contribution is 5.89. The van der Waals surface area contributed by atoms with Crippen molar-refractivity contribution in [2.24, 2.45) is 11.5 Å². The molecule has 2 aliphatic heterocycles. The van der Waals surface area contributed by atoms with Crippen LogP contribution < -0.4 is 22.5 Å². The van der Waals surface area contributed by atoms with Gasteiger partial charge in [0, 0.05) is 65.1 Å². The second kappa shape index (κ2) is 12.0. The summed E-state index contributed by atoms with van der Waals surface area (Å²) in [5.41, 5.74) is 11.3.